The normalized spacial score (nSPS) is 13.9. The third kappa shape index (κ3) is 4.72. The van der Waals surface area contributed by atoms with Crippen LogP contribution in [-0.2, 0) is 7.05 Å². The molecule has 0 aromatic carbocycles. The zero-order chi connectivity index (χ0) is 12.9. The molecule has 1 N–H and O–H groups in total. The molecule has 0 saturated carbocycles. The Kier molecular flexibility index (Phi) is 4.92. The lowest BCUT2D eigenvalue weighted by Crippen LogP contribution is -2.26. The molecule has 0 aliphatic heterocycles. The van der Waals surface area contributed by atoms with Crippen LogP contribution in [0.5, 0.6) is 0 Å². The minimum Gasteiger partial charge on any atom is -0.309 e. The Morgan fingerprint density at radius 1 is 1.47 bits per heavy atom. The van der Waals surface area contributed by atoms with Gasteiger partial charge in [0.05, 0.1) is 17.9 Å². The van der Waals surface area contributed by atoms with Gasteiger partial charge < -0.3 is 5.32 Å². The highest BCUT2D eigenvalue weighted by Crippen LogP contribution is 2.27. The third-order valence-electron chi connectivity index (χ3n) is 2.46. The van der Waals surface area contributed by atoms with E-state index in [1.807, 2.05) is 6.92 Å². The number of aromatic nitrogens is 3. The molecule has 0 saturated heterocycles. The van der Waals surface area contributed by atoms with Gasteiger partial charge in [0.25, 0.3) is 0 Å². The molecule has 1 aromatic rings. The number of halogens is 3. The van der Waals surface area contributed by atoms with E-state index in [2.05, 4.69) is 15.6 Å². The lowest BCUT2D eigenvalue weighted by atomic mass is 10.1. The standard InChI is InChI=1S/C10H17F3N4/c1-3-6-14-8(4-5-10(11,12)13)9-7-15-16-17(9)2/h7-8,14H,3-6H2,1-2H3. The lowest BCUT2D eigenvalue weighted by molar-refractivity contribution is -0.136. The third-order valence-corrected chi connectivity index (χ3v) is 2.46. The highest BCUT2D eigenvalue weighted by Gasteiger charge is 2.29. The second-order valence-corrected chi connectivity index (χ2v) is 3.94. The van der Waals surface area contributed by atoms with E-state index in [1.54, 1.807) is 7.05 Å². The van der Waals surface area contributed by atoms with Gasteiger partial charge >= 0.3 is 6.18 Å². The summed E-state index contributed by atoms with van der Waals surface area (Å²) in [7, 11) is 1.68. The Hall–Kier alpha value is -1.11. The van der Waals surface area contributed by atoms with E-state index in [-0.39, 0.29) is 12.5 Å². The fourth-order valence-electron chi connectivity index (χ4n) is 1.59. The Labute approximate surface area is 98.2 Å². The molecule has 1 heterocycles. The maximum absolute atomic E-state index is 12.2. The fraction of sp³-hybridized carbons (Fsp3) is 0.800. The van der Waals surface area contributed by atoms with E-state index in [0.717, 1.165) is 6.42 Å². The van der Waals surface area contributed by atoms with Crippen molar-refractivity contribution < 1.29 is 13.2 Å². The number of hydrogen-bond donors (Lipinski definition) is 1. The van der Waals surface area contributed by atoms with Crippen molar-refractivity contribution in [2.45, 2.75) is 38.4 Å². The van der Waals surface area contributed by atoms with E-state index >= 15 is 0 Å². The number of aryl methyl sites for hydroxylation is 1. The molecular weight excluding hydrogens is 233 g/mol. The van der Waals surface area contributed by atoms with Crippen LogP contribution in [0.25, 0.3) is 0 Å². The van der Waals surface area contributed by atoms with E-state index in [9.17, 15) is 13.2 Å². The van der Waals surface area contributed by atoms with Crippen LogP contribution < -0.4 is 5.32 Å². The van der Waals surface area contributed by atoms with Crippen LogP contribution in [0.15, 0.2) is 6.20 Å². The minimum absolute atomic E-state index is 0.00468. The van der Waals surface area contributed by atoms with Crippen LogP contribution >= 0.6 is 0 Å². The smallest absolute Gasteiger partial charge is 0.309 e. The largest absolute Gasteiger partial charge is 0.389 e. The average Bonchev–Trinajstić information content (AvgIpc) is 2.63. The van der Waals surface area contributed by atoms with Crippen LogP contribution in [0.1, 0.15) is 37.9 Å². The maximum Gasteiger partial charge on any atom is 0.389 e. The zero-order valence-corrected chi connectivity index (χ0v) is 9.96. The second kappa shape index (κ2) is 6.00. The van der Waals surface area contributed by atoms with E-state index in [4.69, 9.17) is 0 Å². The van der Waals surface area contributed by atoms with Gasteiger partial charge in [0, 0.05) is 13.5 Å². The van der Waals surface area contributed by atoms with Gasteiger partial charge in [0.15, 0.2) is 0 Å². The van der Waals surface area contributed by atoms with Gasteiger partial charge in [-0.05, 0) is 19.4 Å². The van der Waals surface area contributed by atoms with Crippen molar-refractivity contribution in [2.75, 3.05) is 6.54 Å². The van der Waals surface area contributed by atoms with Crippen LogP contribution in [0, 0.1) is 0 Å². The molecule has 0 amide bonds. The first kappa shape index (κ1) is 14.0. The predicted molar refractivity (Wildman–Crippen MR) is 57.3 cm³/mol. The number of hydrogen-bond acceptors (Lipinski definition) is 3. The topological polar surface area (TPSA) is 42.7 Å². The van der Waals surface area contributed by atoms with Crippen LogP contribution in [0.3, 0.4) is 0 Å². The first-order valence-corrected chi connectivity index (χ1v) is 5.58. The maximum atomic E-state index is 12.2. The molecule has 0 fully saturated rings. The molecule has 17 heavy (non-hydrogen) atoms. The number of nitrogens with one attached hydrogen (secondary N) is 1. The van der Waals surface area contributed by atoms with Gasteiger partial charge in [-0.25, -0.2) is 0 Å². The average molecular weight is 250 g/mol. The van der Waals surface area contributed by atoms with Gasteiger partial charge in [-0.15, -0.1) is 5.10 Å². The first-order valence-electron chi connectivity index (χ1n) is 5.58. The Morgan fingerprint density at radius 2 is 2.18 bits per heavy atom. The Morgan fingerprint density at radius 3 is 2.65 bits per heavy atom. The van der Waals surface area contributed by atoms with E-state index < -0.39 is 12.6 Å². The molecule has 1 rings (SSSR count). The summed E-state index contributed by atoms with van der Waals surface area (Å²) in [6.45, 7) is 2.64. The molecule has 0 aliphatic rings. The first-order chi connectivity index (χ1) is 7.94. The molecule has 1 unspecified atom stereocenters. The molecule has 0 aliphatic carbocycles. The number of rotatable bonds is 6. The quantitative estimate of drug-likeness (QED) is 0.841. The molecular formula is C10H17F3N4. The van der Waals surface area contributed by atoms with Gasteiger partial charge in [0.2, 0.25) is 0 Å². The predicted octanol–water partition coefficient (Wildman–Crippen LogP) is 2.20. The van der Waals surface area contributed by atoms with Gasteiger partial charge in [-0.1, -0.05) is 12.1 Å². The van der Waals surface area contributed by atoms with E-state index in [1.165, 1.54) is 10.9 Å². The van der Waals surface area contributed by atoms with Crippen LogP contribution in [-0.4, -0.2) is 27.7 Å². The van der Waals surface area contributed by atoms with Crippen molar-refractivity contribution in [1.29, 1.82) is 0 Å². The minimum atomic E-state index is -4.13. The zero-order valence-electron chi connectivity index (χ0n) is 9.96. The summed E-state index contributed by atoms with van der Waals surface area (Å²) in [5.41, 5.74) is 0.683. The summed E-state index contributed by atoms with van der Waals surface area (Å²) in [5, 5.41) is 10.5. The van der Waals surface area contributed by atoms with Gasteiger partial charge in [0.1, 0.15) is 0 Å². The SMILES string of the molecule is CCCNC(CCC(F)(F)F)c1cnnn1C. The van der Waals surface area contributed by atoms with Crippen molar-refractivity contribution in [3.63, 3.8) is 0 Å². The van der Waals surface area contributed by atoms with Gasteiger partial charge in [-0.3, -0.25) is 4.68 Å². The molecule has 0 bridgehead atoms. The fourth-order valence-corrected chi connectivity index (χ4v) is 1.59. The Bertz CT molecular complexity index is 335. The van der Waals surface area contributed by atoms with Gasteiger partial charge in [-0.2, -0.15) is 13.2 Å². The monoisotopic (exact) mass is 250 g/mol. The summed E-state index contributed by atoms with van der Waals surface area (Å²) >= 11 is 0. The molecule has 0 radical (unpaired) electrons. The summed E-state index contributed by atoms with van der Waals surface area (Å²) in [5.74, 6) is 0. The summed E-state index contributed by atoms with van der Waals surface area (Å²) in [6.07, 6.45) is -2.56. The van der Waals surface area contributed by atoms with Crippen molar-refractivity contribution >= 4 is 0 Å². The molecule has 0 spiro atoms. The van der Waals surface area contributed by atoms with E-state index in [0.29, 0.717) is 12.2 Å². The summed E-state index contributed by atoms with van der Waals surface area (Å²) in [6, 6.07) is -0.350. The van der Waals surface area contributed by atoms with Crippen molar-refractivity contribution in [3.05, 3.63) is 11.9 Å². The van der Waals surface area contributed by atoms with Crippen LogP contribution in [0.4, 0.5) is 13.2 Å². The molecule has 7 heteroatoms. The summed E-state index contributed by atoms with van der Waals surface area (Å²) in [4.78, 5) is 0. The second-order valence-electron chi connectivity index (χ2n) is 3.94. The van der Waals surface area contributed by atoms with Crippen molar-refractivity contribution in [2.24, 2.45) is 7.05 Å². The van der Waals surface area contributed by atoms with Crippen molar-refractivity contribution in [3.8, 4) is 0 Å². The molecule has 1 aromatic heterocycles. The van der Waals surface area contributed by atoms with Crippen LogP contribution in [0.2, 0.25) is 0 Å². The molecule has 4 nitrogen and oxygen atoms in total. The molecule has 98 valence electrons. The number of nitrogens with zero attached hydrogens (tertiary/aromatic N) is 3. The highest BCUT2D eigenvalue weighted by molar-refractivity contribution is 5.01. The Balaban J connectivity index is 2.64. The summed E-state index contributed by atoms with van der Waals surface area (Å²) < 4.78 is 38.1. The molecule has 1 atom stereocenters. The highest BCUT2D eigenvalue weighted by atomic mass is 19.4. The van der Waals surface area contributed by atoms with Crippen molar-refractivity contribution in [1.82, 2.24) is 20.3 Å². The number of alkyl halides is 3. The lowest BCUT2D eigenvalue weighted by Gasteiger charge is -2.18.